The van der Waals surface area contributed by atoms with Crippen molar-refractivity contribution in [2.75, 3.05) is 112 Å². The number of aliphatic carboxylic acids is 6. The van der Waals surface area contributed by atoms with Gasteiger partial charge in [0.1, 0.15) is 13.2 Å². The first-order valence-corrected chi connectivity index (χ1v) is 36.6. The van der Waals surface area contributed by atoms with E-state index in [-0.39, 0.29) is 115 Å². The topological polar surface area (TPSA) is 462 Å². The van der Waals surface area contributed by atoms with E-state index in [2.05, 4.69) is 185 Å². The number of carbonyl (C=O) groups is 10. The van der Waals surface area contributed by atoms with Crippen LogP contribution in [0.25, 0.3) is 0 Å². The molecular weight excluding hydrogens is 1420 g/mol. The zero-order chi connectivity index (χ0) is 80.4. The number of aromatic nitrogens is 2. The van der Waals surface area contributed by atoms with Crippen molar-refractivity contribution in [3.63, 3.8) is 0 Å². The minimum atomic E-state index is -1.06. The van der Waals surface area contributed by atoms with Gasteiger partial charge in [-0.3, -0.25) is 43.3 Å². The van der Waals surface area contributed by atoms with Crippen LogP contribution in [0.15, 0.2) is 152 Å². The highest BCUT2D eigenvalue weighted by Crippen LogP contribution is 2.32. The molecule has 1 heterocycles. The van der Waals surface area contributed by atoms with E-state index in [1.54, 1.807) is 0 Å². The van der Waals surface area contributed by atoms with Gasteiger partial charge in [-0.2, -0.15) is 0 Å². The molecule has 108 heavy (non-hydrogen) atoms. The molecule has 0 fully saturated rings. The van der Waals surface area contributed by atoms with Gasteiger partial charge in [0.25, 0.3) is 0 Å². The Labute approximate surface area is 634 Å². The molecule has 6 rings (SSSR count). The summed E-state index contributed by atoms with van der Waals surface area (Å²) in [4.78, 5) is 111. The fourth-order valence-corrected chi connectivity index (χ4v) is 10.7. The average molecular weight is 1530 g/mol. The van der Waals surface area contributed by atoms with Crippen LogP contribution in [0.3, 0.4) is 0 Å². The van der Waals surface area contributed by atoms with E-state index in [9.17, 15) is 47.9 Å². The second kappa shape index (κ2) is 65.4. The van der Waals surface area contributed by atoms with Gasteiger partial charge in [0, 0.05) is 124 Å². The molecule has 0 saturated carbocycles. The predicted octanol–water partition coefficient (Wildman–Crippen LogP) is 4.98. The third-order valence-corrected chi connectivity index (χ3v) is 16.5. The molecule has 0 spiro atoms. The van der Waals surface area contributed by atoms with Crippen molar-refractivity contribution in [3.8, 4) is 0 Å². The Morgan fingerprint density at radius 2 is 0.824 bits per heavy atom. The van der Waals surface area contributed by atoms with E-state index in [4.69, 9.17) is 46.8 Å². The van der Waals surface area contributed by atoms with Gasteiger partial charge in [-0.05, 0) is 62.2 Å². The Bertz CT molecular complexity index is 3280. The summed E-state index contributed by atoms with van der Waals surface area (Å²) in [6, 6.07) is 47.0. The fraction of sp³-hybridized carbons (Fsp3) is 0.442. The van der Waals surface area contributed by atoms with E-state index in [0.29, 0.717) is 32.8 Å². The highest BCUT2D eigenvalue weighted by atomic mass is 31.1. The molecule has 31 heteroatoms. The molecule has 4 amide bonds. The van der Waals surface area contributed by atoms with E-state index >= 15 is 0 Å². The van der Waals surface area contributed by atoms with Crippen molar-refractivity contribution in [1.29, 1.82) is 0 Å². The minimum absolute atomic E-state index is 0.0268. The smallest absolute Gasteiger partial charge is 0.329 e. The van der Waals surface area contributed by atoms with Crippen LogP contribution in [-0.2, 0) is 86.5 Å². The normalized spacial score (nSPS) is 10.2. The molecule has 0 saturated heterocycles. The third kappa shape index (κ3) is 59.3. The molecule has 0 unspecified atom stereocenters. The summed E-state index contributed by atoms with van der Waals surface area (Å²) in [5.41, 5.74) is 17.2. The number of aryl methyl sites for hydroxylation is 4. The molecule has 0 radical (unpaired) electrons. The van der Waals surface area contributed by atoms with Crippen LogP contribution in [0.2, 0.25) is 0 Å². The maximum absolute atomic E-state index is 11.2. The molecule has 0 bridgehead atoms. The Kier molecular flexibility index (Phi) is 59.4. The number of carboxylic acids is 6. The molecule has 30 nitrogen and oxygen atoms in total. The first kappa shape index (κ1) is 98.1. The van der Waals surface area contributed by atoms with Crippen molar-refractivity contribution in [2.45, 2.75) is 112 Å². The van der Waals surface area contributed by atoms with Gasteiger partial charge in [0.2, 0.25) is 23.6 Å². The van der Waals surface area contributed by atoms with Crippen LogP contribution >= 0.6 is 7.92 Å². The molecule has 6 aromatic rings. The first-order valence-electron chi connectivity index (χ1n) is 35.3. The molecule has 0 atom stereocenters. The van der Waals surface area contributed by atoms with Gasteiger partial charge in [-0.1, -0.05) is 163 Å². The third-order valence-electron chi connectivity index (χ3n) is 14.1. The molecule has 5 aromatic carbocycles. The number of ether oxygens (including phenoxy) is 4. The van der Waals surface area contributed by atoms with Crippen molar-refractivity contribution in [2.24, 2.45) is 11.5 Å². The predicted molar refractivity (Wildman–Crippen MR) is 414 cm³/mol. The lowest BCUT2D eigenvalue weighted by molar-refractivity contribution is -0.146. The number of hydrogen-bond donors (Lipinski definition) is 13. The molecule has 0 aliphatic rings. The largest absolute Gasteiger partial charge is 0.481 e. The Morgan fingerprint density at radius 3 is 1.19 bits per heavy atom. The number of amides is 4. The quantitative estimate of drug-likeness (QED) is 0.0177. The maximum atomic E-state index is 11.2. The minimum Gasteiger partial charge on any atom is -0.481 e. The number of carboxylic acid groups (broad SMARTS) is 6. The zero-order valence-corrected chi connectivity index (χ0v) is 63.7. The number of methoxy groups -OCH3 is 1. The highest BCUT2D eigenvalue weighted by molar-refractivity contribution is 7.79. The Morgan fingerprint density at radius 1 is 0.444 bits per heavy atom. The summed E-state index contributed by atoms with van der Waals surface area (Å²) >= 11 is 0. The lowest BCUT2D eigenvalue weighted by Gasteiger charge is -2.20. The SMILES string of the molecule is CCCCn1ccnc1.COCCNC(=O)CCC(=O)O.Cc1ccc(CNC(=O)CCC(=O)O)cc1.Cc1ccc(CNCCN(CCN)CCN)cc1.Cc1ccc(P(c2ccccc2)c2ccccc2)cc1.O=C(O)CCC(=O)NCCOCCNC(=O)CCC(=O)O.O=C(O)COCCOCC(=O)O. The van der Waals surface area contributed by atoms with Crippen LogP contribution in [-0.4, -0.2) is 217 Å². The molecule has 0 aliphatic heterocycles. The number of carbonyl (C=O) groups excluding carboxylic acids is 4. The molecular formula is C77H113N10O20P. The summed E-state index contributed by atoms with van der Waals surface area (Å²) in [6.45, 7) is 17.3. The zero-order valence-electron chi connectivity index (χ0n) is 62.8. The lowest BCUT2D eigenvalue weighted by atomic mass is 10.1. The molecule has 15 N–H and O–H groups in total. The second-order valence-corrected chi connectivity index (χ2v) is 25.7. The second-order valence-electron chi connectivity index (χ2n) is 23.5. The van der Waals surface area contributed by atoms with E-state index in [0.717, 1.165) is 44.8 Å². The number of nitrogens with two attached hydrogens (primary N) is 2. The molecule has 596 valence electrons. The van der Waals surface area contributed by atoms with Crippen LogP contribution < -0.4 is 54.0 Å². The monoisotopic (exact) mass is 1530 g/mol. The summed E-state index contributed by atoms with van der Waals surface area (Å²) in [5.74, 6) is -7.30. The van der Waals surface area contributed by atoms with Crippen molar-refractivity contribution < 1.29 is 97.5 Å². The standard InChI is InChI=1S/C19H17P.C14H26N4.C12H20N2O7.C12H15NO3.C7H12N2.C7H13NO4.C6H10O6/c1-16-12-14-19(15-13-16)20(17-8-4-2-5-9-17)18-10-6-3-7-11-18;1-13-2-4-14(5-3-13)12-17-8-11-18(9-6-15)10-7-16;15-9(1-3-11(17)18)13-5-7-21-8-6-14-10(16)2-4-12(19)20;1-9-2-4-10(5-3-9)8-13-11(14)6-7-12(15)16;1-2-3-5-9-6-4-8-7-9;1-12-5-4-8-6(9)2-3-7(10)11;7-5(8)3-11-1-2-12-4-6(9)10/h2-15H,1H3;2-5,17H,6-12,15-16H2,1H3;1-8H2,(H,13,15)(H,14,16)(H,17,18)(H,19,20);2-5H,6-8H2,1H3,(H,13,14)(H,15,16);4,6-7H,2-3,5H2,1H3;2-5H2,1H3,(H,8,9)(H,10,11);1-4H2,(H,7,8)(H,9,10). The van der Waals surface area contributed by atoms with E-state index in [1.165, 1.54) is 58.1 Å². The van der Waals surface area contributed by atoms with E-state index < -0.39 is 57.0 Å². The number of nitrogens with zero attached hydrogens (tertiary/aromatic N) is 3. The first-order chi connectivity index (χ1) is 51.8. The van der Waals surface area contributed by atoms with Gasteiger partial charge in [-0.15, -0.1) is 0 Å². The van der Waals surface area contributed by atoms with Gasteiger partial charge >= 0.3 is 35.8 Å². The van der Waals surface area contributed by atoms with Crippen LogP contribution in [0, 0.1) is 20.8 Å². The van der Waals surface area contributed by atoms with Crippen molar-refractivity contribution in [1.82, 2.24) is 41.0 Å². The number of hydrogen-bond acceptors (Lipinski definition) is 19. The summed E-state index contributed by atoms with van der Waals surface area (Å²) in [5, 5.41) is 67.4. The van der Waals surface area contributed by atoms with Gasteiger partial charge in [0.15, 0.2) is 0 Å². The lowest BCUT2D eigenvalue weighted by Crippen LogP contribution is -2.38. The van der Waals surface area contributed by atoms with Crippen LogP contribution in [0.4, 0.5) is 0 Å². The number of unbranched alkanes of at least 4 members (excludes halogenated alkanes) is 1. The number of benzene rings is 5. The summed E-state index contributed by atoms with van der Waals surface area (Å²) < 4.78 is 21.0. The highest BCUT2D eigenvalue weighted by Gasteiger charge is 2.16. The Balaban J connectivity index is 0.00000126. The van der Waals surface area contributed by atoms with Crippen LogP contribution in [0.5, 0.6) is 0 Å². The number of imidazole rings is 1. The number of rotatable bonds is 45. The molecule has 1 aromatic heterocycles. The van der Waals surface area contributed by atoms with Crippen molar-refractivity contribution >= 4 is 83.3 Å². The fourth-order valence-electron chi connectivity index (χ4n) is 8.43. The van der Waals surface area contributed by atoms with Crippen LogP contribution in [0.1, 0.15) is 98.9 Å². The Hall–Kier alpha value is -9.88. The summed E-state index contributed by atoms with van der Waals surface area (Å²) in [7, 11) is 1.07. The van der Waals surface area contributed by atoms with Gasteiger partial charge < -0.3 is 92.2 Å². The van der Waals surface area contributed by atoms with E-state index in [1.807, 2.05) is 49.9 Å². The maximum Gasteiger partial charge on any atom is 0.329 e. The van der Waals surface area contributed by atoms with Crippen molar-refractivity contribution in [3.05, 3.63) is 180 Å². The number of nitrogens with one attached hydrogen (secondary N) is 5. The average Bonchev–Trinajstić information content (AvgIpc) is 0.828. The summed E-state index contributed by atoms with van der Waals surface area (Å²) in [6.07, 6.45) is 7.39. The molecule has 0 aliphatic carbocycles. The van der Waals surface area contributed by atoms with Gasteiger partial charge in [-0.25, -0.2) is 14.6 Å². The van der Waals surface area contributed by atoms with Gasteiger partial charge in [0.05, 0.1) is 65.0 Å².